The van der Waals surface area contributed by atoms with Gasteiger partial charge in [0.15, 0.2) is 0 Å². The standard InChI is InChI=1S/C8H18N2O/c1-6(2)9-8(7(3)11)10(4)5/h6-7,11H,1-5H3. The molecule has 0 spiro atoms. The summed E-state index contributed by atoms with van der Waals surface area (Å²) >= 11 is 0. The molecule has 0 radical (unpaired) electrons. The van der Waals surface area contributed by atoms with Crippen molar-refractivity contribution in [1.82, 2.24) is 4.90 Å². The fraction of sp³-hybridized carbons (Fsp3) is 0.875. The summed E-state index contributed by atoms with van der Waals surface area (Å²) in [5, 5.41) is 9.26. The van der Waals surface area contributed by atoms with Gasteiger partial charge in [-0.05, 0) is 20.8 Å². The van der Waals surface area contributed by atoms with Gasteiger partial charge in [0.1, 0.15) is 11.9 Å². The third kappa shape index (κ3) is 3.98. The predicted octanol–water partition coefficient (Wildman–Crippen LogP) is 0.736. The van der Waals surface area contributed by atoms with Crippen LogP contribution in [0.2, 0.25) is 0 Å². The Kier molecular flexibility index (Phi) is 4.11. The third-order valence-corrected chi connectivity index (χ3v) is 1.22. The molecule has 0 heterocycles. The summed E-state index contributed by atoms with van der Waals surface area (Å²) in [6.45, 7) is 5.71. The molecule has 1 unspecified atom stereocenters. The van der Waals surface area contributed by atoms with E-state index in [2.05, 4.69) is 4.99 Å². The Morgan fingerprint density at radius 1 is 1.27 bits per heavy atom. The van der Waals surface area contributed by atoms with Crippen molar-refractivity contribution >= 4 is 5.84 Å². The highest BCUT2D eigenvalue weighted by Gasteiger charge is 2.08. The maximum absolute atomic E-state index is 9.26. The van der Waals surface area contributed by atoms with E-state index in [0.717, 1.165) is 5.84 Å². The Balaban J connectivity index is 4.33. The molecule has 66 valence electrons. The van der Waals surface area contributed by atoms with Crippen molar-refractivity contribution in [3.63, 3.8) is 0 Å². The Morgan fingerprint density at radius 3 is 1.82 bits per heavy atom. The topological polar surface area (TPSA) is 35.8 Å². The highest BCUT2D eigenvalue weighted by Crippen LogP contribution is 1.96. The van der Waals surface area contributed by atoms with E-state index in [4.69, 9.17) is 0 Å². The van der Waals surface area contributed by atoms with Crippen LogP contribution in [0, 0.1) is 0 Å². The van der Waals surface area contributed by atoms with Crippen LogP contribution in [0.4, 0.5) is 0 Å². The predicted molar refractivity (Wildman–Crippen MR) is 47.9 cm³/mol. The van der Waals surface area contributed by atoms with E-state index in [9.17, 15) is 5.11 Å². The first-order chi connectivity index (χ1) is 4.95. The van der Waals surface area contributed by atoms with Gasteiger partial charge in [0.05, 0.1) is 0 Å². The van der Waals surface area contributed by atoms with E-state index in [1.54, 1.807) is 6.92 Å². The van der Waals surface area contributed by atoms with Crippen LogP contribution in [0.15, 0.2) is 4.99 Å². The van der Waals surface area contributed by atoms with Crippen LogP contribution in [0.5, 0.6) is 0 Å². The van der Waals surface area contributed by atoms with Gasteiger partial charge in [0.25, 0.3) is 0 Å². The molecule has 11 heavy (non-hydrogen) atoms. The normalized spacial score (nSPS) is 15.4. The van der Waals surface area contributed by atoms with Gasteiger partial charge in [-0.1, -0.05) is 0 Å². The maximum Gasteiger partial charge on any atom is 0.128 e. The third-order valence-electron chi connectivity index (χ3n) is 1.22. The van der Waals surface area contributed by atoms with Gasteiger partial charge >= 0.3 is 0 Å². The second-order valence-electron chi connectivity index (χ2n) is 3.15. The molecule has 3 nitrogen and oxygen atoms in total. The summed E-state index contributed by atoms with van der Waals surface area (Å²) in [7, 11) is 3.77. The first-order valence-corrected chi connectivity index (χ1v) is 3.88. The molecule has 1 N–H and O–H groups in total. The summed E-state index contributed by atoms with van der Waals surface area (Å²) in [4.78, 5) is 6.11. The maximum atomic E-state index is 9.26. The summed E-state index contributed by atoms with van der Waals surface area (Å²) < 4.78 is 0. The van der Waals surface area contributed by atoms with Crippen molar-refractivity contribution in [2.75, 3.05) is 14.1 Å². The van der Waals surface area contributed by atoms with E-state index >= 15 is 0 Å². The molecule has 0 aromatic heterocycles. The average Bonchev–Trinajstić information content (AvgIpc) is 1.81. The molecular weight excluding hydrogens is 140 g/mol. The van der Waals surface area contributed by atoms with E-state index in [1.165, 1.54) is 0 Å². The van der Waals surface area contributed by atoms with E-state index in [0.29, 0.717) is 0 Å². The van der Waals surface area contributed by atoms with Crippen LogP contribution in [0.25, 0.3) is 0 Å². The number of hydrogen-bond donors (Lipinski definition) is 1. The van der Waals surface area contributed by atoms with Crippen LogP contribution >= 0.6 is 0 Å². The van der Waals surface area contributed by atoms with Crippen molar-refractivity contribution in [3.05, 3.63) is 0 Å². The van der Waals surface area contributed by atoms with Gasteiger partial charge in [-0.25, -0.2) is 0 Å². The molecule has 0 saturated carbocycles. The van der Waals surface area contributed by atoms with Gasteiger partial charge in [-0.2, -0.15) is 0 Å². The van der Waals surface area contributed by atoms with Gasteiger partial charge in [0, 0.05) is 20.1 Å². The fourth-order valence-electron chi connectivity index (χ4n) is 0.862. The van der Waals surface area contributed by atoms with Crippen molar-refractivity contribution < 1.29 is 5.11 Å². The number of rotatable bonds is 2. The lowest BCUT2D eigenvalue weighted by Crippen LogP contribution is -2.32. The molecule has 0 aliphatic carbocycles. The SMILES string of the molecule is CC(C)N=C(C(C)O)N(C)C. The number of amidine groups is 1. The van der Waals surface area contributed by atoms with Crippen LogP contribution in [0.1, 0.15) is 20.8 Å². The second kappa shape index (κ2) is 4.34. The number of hydrogen-bond acceptors (Lipinski definition) is 2. The fourth-order valence-corrected chi connectivity index (χ4v) is 0.862. The van der Waals surface area contributed by atoms with Gasteiger partial charge in [-0.15, -0.1) is 0 Å². The van der Waals surface area contributed by atoms with Crippen LogP contribution < -0.4 is 0 Å². The highest BCUT2D eigenvalue weighted by molar-refractivity contribution is 5.85. The summed E-state index contributed by atoms with van der Waals surface area (Å²) in [5.74, 6) is 0.736. The van der Waals surface area contributed by atoms with Crippen LogP contribution in [-0.4, -0.2) is 42.1 Å². The van der Waals surface area contributed by atoms with Crippen molar-refractivity contribution in [2.24, 2.45) is 4.99 Å². The molecule has 0 bridgehead atoms. The zero-order valence-corrected chi connectivity index (χ0v) is 8.00. The zero-order chi connectivity index (χ0) is 9.02. The number of aliphatic hydroxyl groups is 1. The lowest BCUT2D eigenvalue weighted by molar-refractivity contribution is 0.246. The van der Waals surface area contributed by atoms with Gasteiger partial charge < -0.3 is 10.0 Å². The lowest BCUT2D eigenvalue weighted by atomic mass is 10.3. The zero-order valence-electron chi connectivity index (χ0n) is 8.00. The number of likely N-dealkylation sites (N-methyl/N-ethyl adjacent to an activating group) is 1. The van der Waals surface area contributed by atoms with Crippen LogP contribution in [-0.2, 0) is 0 Å². The molecule has 0 aromatic rings. The quantitative estimate of drug-likeness (QED) is 0.475. The molecule has 3 heteroatoms. The molecule has 0 aliphatic rings. The minimum absolute atomic E-state index is 0.238. The van der Waals surface area contributed by atoms with Crippen molar-refractivity contribution in [2.45, 2.75) is 32.9 Å². The molecule has 0 saturated heterocycles. The van der Waals surface area contributed by atoms with Crippen molar-refractivity contribution in [3.8, 4) is 0 Å². The summed E-state index contributed by atoms with van der Waals surface area (Å²) in [6, 6.07) is 0.238. The number of nitrogens with zero attached hydrogens (tertiary/aromatic N) is 2. The molecule has 0 aromatic carbocycles. The molecule has 0 fully saturated rings. The lowest BCUT2D eigenvalue weighted by Gasteiger charge is -2.19. The molecule has 0 amide bonds. The summed E-state index contributed by atoms with van der Waals surface area (Å²) in [5.41, 5.74) is 0. The highest BCUT2D eigenvalue weighted by atomic mass is 16.3. The Hall–Kier alpha value is -0.570. The Labute approximate surface area is 68.7 Å². The number of aliphatic imine (C=N–C) groups is 1. The van der Waals surface area contributed by atoms with Gasteiger partial charge in [0.2, 0.25) is 0 Å². The largest absolute Gasteiger partial charge is 0.385 e. The monoisotopic (exact) mass is 158 g/mol. The minimum atomic E-state index is -0.479. The van der Waals surface area contributed by atoms with E-state index in [1.807, 2.05) is 32.8 Å². The second-order valence-corrected chi connectivity index (χ2v) is 3.15. The first kappa shape index (κ1) is 10.4. The van der Waals surface area contributed by atoms with E-state index in [-0.39, 0.29) is 6.04 Å². The average molecular weight is 158 g/mol. The molecule has 1 atom stereocenters. The van der Waals surface area contributed by atoms with E-state index < -0.39 is 6.10 Å². The molecule has 0 aliphatic heterocycles. The Morgan fingerprint density at radius 2 is 1.73 bits per heavy atom. The summed E-state index contributed by atoms with van der Waals surface area (Å²) in [6.07, 6.45) is -0.479. The molecule has 0 rings (SSSR count). The minimum Gasteiger partial charge on any atom is -0.385 e. The smallest absolute Gasteiger partial charge is 0.128 e. The first-order valence-electron chi connectivity index (χ1n) is 3.88. The van der Waals surface area contributed by atoms with Gasteiger partial charge in [-0.3, -0.25) is 4.99 Å². The Bertz CT molecular complexity index is 129. The van der Waals surface area contributed by atoms with Crippen LogP contribution in [0.3, 0.4) is 0 Å². The van der Waals surface area contributed by atoms with Crippen molar-refractivity contribution in [1.29, 1.82) is 0 Å². The number of aliphatic hydroxyl groups excluding tert-OH is 1. The molecular formula is C8H18N2O.